The number of halogens is 2. The van der Waals surface area contributed by atoms with E-state index < -0.39 is 22.4 Å². The van der Waals surface area contributed by atoms with Gasteiger partial charge in [0.25, 0.3) is 0 Å². The molecule has 1 aromatic rings. The average Bonchev–Trinajstić information content (AvgIpc) is 2.19. The first kappa shape index (κ1) is 16.1. The van der Waals surface area contributed by atoms with Crippen molar-refractivity contribution in [3.8, 4) is 0 Å². The van der Waals surface area contributed by atoms with Gasteiger partial charge in [0.1, 0.15) is 0 Å². The smallest absolute Gasteiger partial charge is 0.422 e. The maximum absolute atomic E-state index is 11.7. The van der Waals surface area contributed by atoms with E-state index in [-0.39, 0.29) is 5.69 Å². The first-order valence-electron chi connectivity index (χ1n) is 5.16. The van der Waals surface area contributed by atoms with Gasteiger partial charge in [-0.15, -0.1) is 0 Å². The molecule has 19 heavy (non-hydrogen) atoms. The van der Waals surface area contributed by atoms with E-state index in [1.54, 1.807) is 18.6 Å². The first-order chi connectivity index (χ1) is 8.69. The highest BCUT2D eigenvalue weighted by Crippen LogP contribution is 2.26. The third-order valence-corrected chi connectivity index (χ3v) is 3.55. The van der Waals surface area contributed by atoms with Gasteiger partial charge in [0.2, 0.25) is 0 Å². The summed E-state index contributed by atoms with van der Waals surface area (Å²) in [4.78, 5) is 11.2. The average molecular weight is 372 g/mol. The molecular formula is C10H12BrClN2O4S. The largest absolute Gasteiger partial charge is 0.446 e. The lowest BCUT2D eigenvalue weighted by atomic mass is 10.3. The van der Waals surface area contributed by atoms with E-state index in [0.717, 1.165) is 0 Å². The van der Waals surface area contributed by atoms with Gasteiger partial charge in [0.05, 0.1) is 11.8 Å². The number of ether oxygens (including phenoxy) is 1. The Morgan fingerprint density at radius 2 is 2.05 bits per heavy atom. The van der Waals surface area contributed by atoms with Gasteiger partial charge in [0.15, 0.2) is 0 Å². The number of rotatable bonds is 4. The van der Waals surface area contributed by atoms with E-state index >= 15 is 0 Å². The van der Waals surface area contributed by atoms with Gasteiger partial charge in [-0.25, -0.2) is 9.52 Å². The fourth-order valence-corrected chi connectivity index (χ4v) is 2.79. The molecule has 106 valence electrons. The second-order valence-electron chi connectivity index (χ2n) is 3.79. The summed E-state index contributed by atoms with van der Waals surface area (Å²) >= 11 is 8.88. The third kappa shape index (κ3) is 5.66. The summed E-state index contributed by atoms with van der Waals surface area (Å²) < 4.78 is 32.3. The zero-order valence-electron chi connectivity index (χ0n) is 10.1. The SMILES string of the molecule is CC(C)OC(=O)NS(=O)(=O)Nc1ccc(Cl)cc1Br. The molecule has 0 atom stereocenters. The Hall–Kier alpha value is -0.990. The van der Waals surface area contributed by atoms with Gasteiger partial charge in [0, 0.05) is 9.50 Å². The quantitative estimate of drug-likeness (QED) is 0.852. The van der Waals surface area contributed by atoms with Crippen molar-refractivity contribution in [1.82, 2.24) is 4.72 Å². The van der Waals surface area contributed by atoms with Crippen LogP contribution >= 0.6 is 27.5 Å². The molecule has 0 fully saturated rings. The van der Waals surface area contributed by atoms with Crippen molar-refractivity contribution in [2.75, 3.05) is 4.72 Å². The zero-order chi connectivity index (χ0) is 14.6. The van der Waals surface area contributed by atoms with Crippen LogP contribution in [0.5, 0.6) is 0 Å². The summed E-state index contributed by atoms with van der Waals surface area (Å²) in [6.07, 6.45) is -1.47. The Morgan fingerprint density at radius 3 is 2.58 bits per heavy atom. The molecule has 2 N–H and O–H groups in total. The van der Waals surface area contributed by atoms with Crippen molar-refractivity contribution in [2.45, 2.75) is 20.0 Å². The summed E-state index contributed by atoms with van der Waals surface area (Å²) in [7, 11) is -4.06. The molecule has 0 unspecified atom stereocenters. The first-order valence-corrected chi connectivity index (χ1v) is 7.81. The van der Waals surface area contributed by atoms with Gasteiger partial charge in [-0.3, -0.25) is 4.72 Å². The molecule has 6 nitrogen and oxygen atoms in total. The topological polar surface area (TPSA) is 84.5 Å². The van der Waals surface area contributed by atoms with Gasteiger partial charge in [-0.05, 0) is 48.0 Å². The van der Waals surface area contributed by atoms with Crippen molar-refractivity contribution in [3.63, 3.8) is 0 Å². The van der Waals surface area contributed by atoms with Crippen molar-refractivity contribution in [1.29, 1.82) is 0 Å². The molecule has 0 saturated heterocycles. The molecule has 0 radical (unpaired) electrons. The molecule has 0 spiro atoms. The van der Waals surface area contributed by atoms with Crippen LogP contribution in [0.1, 0.15) is 13.8 Å². The number of hydrogen-bond donors (Lipinski definition) is 2. The Balaban J connectivity index is 2.77. The number of amides is 1. The minimum Gasteiger partial charge on any atom is -0.446 e. The molecule has 0 saturated carbocycles. The van der Waals surface area contributed by atoms with Crippen molar-refractivity contribution in [2.24, 2.45) is 0 Å². The molecule has 0 bridgehead atoms. The van der Waals surface area contributed by atoms with Gasteiger partial charge >= 0.3 is 16.3 Å². The van der Waals surface area contributed by atoms with Crippen LogP contribution in [0.3, 0.4) is 0 Å². The molecule has 1 amide bonds. The minimum atomic E-state index is -4.06. The summed E-state index contributed by atoms with van der Waals surface area (Å²) in [6, 6.07) is 4.49. The van der Waals surface area contributed by atoms with Gasteiger partial charge in [-0.2, -0.15) is 8.42 Å². The fourth-order valence-electron chi connectivity index (χ4n) is 1.09. The lowest BCUT2D eigenvalue weighted by molar-refractivity contribution is 0.121. The lowest BCUT2D eigenvalue weighted by Crippen LogP contribution is -2.36. The van der Waals surface area contributed by atoms with Crippen LogP contribution in [-0.4, -0.2) is 20.6 Å². The number of hydrogen-bond acceptors (Lipinski definition) is 4. The minimum absolute atomic E-state index is 0.245. The van der Waals surface area contributed by atoms with E-state index in [2.05, 4.69) is 25.4 Å². The highest BCUT2D eigenvalue weighted by Gasteiger charge is 2.17. The van der Waals surface area contributed by atoms with Crippen molar-refractivity contribution in [3.05, 3.63) is 27.7 Å². The Labute approximate surface area is 124 Å². The highest BCUT2D eigenvalue weighted by molar-refractivity contribution is 9.10. The van der Waals surface area contributed by atoms with E-state index in [1.807, 2.05) is 0 Å². The Bertz CT molecular complexity index is 577. The normalized spacial score (nSPS) is 11.2. The second kappa shape index (κ2) is 6.44. The van der Waals surface area contributed by atoms with E-state index in [0.29, 0.717) is 9.50 Å². The van der Waals surface area contributed by atoms with Crippen LogP contribution in [0.4, 0.5) is 10.5 Å². The van der Waals surface area contributed by atoms with E-state index in [9.17, 15) is 13.2 Å². The zero-order valence-corrected chi connectivity index (χ0v) is 13.3. The summed E-state index contributed by atoms with van der Waals surface area (Å²) in [5.74, 6) is 0. The summed E-state index contributed by atoms with van der Waals surface area (Å²) in [5.41, 5.74) is 0.245. The molecule has 0 aromatic heterocycles. The van der Waals surface area contributed by atoms with Crippen LogP contribution in [0.15, 0.2) is 22.7 Å². The molecule has 0 aliphatic heterocycles. The molecule has 1 aromatic carbocycles. The van der Waals surface area contributed by atoms with E-state index in [1.165, 1.54) is 18.2 Å². The van der Waals surface area contributed by atoms with Crippen LogP contribution in [0, 0.1) is 0 Å². The Morgan fingerprint density at radius 1 is 1.42 bits per heavy atom. The Kier molecular flexibility index (Phi) is 5.45. The molecule has 0 aliphatic rings. The maximum Gasteiger partial charge on any atom is 0.422 e. The van der Waals surface area contributed by atoms with Crippen LogP contribution in [0.2, 0.25) is 5.02 Å². The molecule has 9 heteroatoms. The highest BCUT2D eigenvalue weighted by atomic mass is 79.9. The molecular weight excluding hydrogens is 360 g/mol. The molecule has 1 rings (SSSR count). The van der Waals surface area contributed by atoms with Gasteiger partial charge in [-0.1, -0.05) is 11.6 Å². The predicted octanol–water partition coefficient (Wildman–Crippen LogP) is 2.89. The van der Waals surface area contributed by atoms with Crippen LogP contribution in [0.25, 0.3) is 0 Å². The second-order valence-corrected chi connectivity index (χ2v) is 6.49. The predicted molar refractivity (Wildman–Crippen MR) is 76.4 cm³/mol. The van der Waals surface area contributed by atoms with Gasteiger partial charge < -0.3 is 4.74 Å². The number of anilines is 1. The van der Waals surface area contributed by atoms with Crippen LogP contribution < -0.4 is 9.44 Å². The molecule has 0 aliphatic carbocycles. The standard InChI is InChI=1S/C10H12BrClN2O4S/c1-6(2)18-10(15)14-19(16,17)13-9-4-3-7(12)5-8(9)11/h3-6,13H,1-2H3,(H,14,15). The van der Waals surface area contributed by atoms with Crippen molar-refractivity contribution < 1.29 is 17.9 Å². The summed E-state index contributed by atoms with van der Waals surface area (Å²) in [5, 5.41) is 0.446. The number of benzene rings is 1. The van der Waals surface area contributed by atoms with E-state index in [4.69, 9.17) is 11.6 Å². The fraction of sp³-hybridized carbons (Fsp3) is 0.300. The number of nitrogens with one attached hydrogen (secondary N) is 2. The summed E-state index contributed by atoms with van der Waals surface area (Å²) in [6.45, 7) is 3.21. The monoisotopic (exact) mass is 370 g/mol. The maximum atomic E-state index is 11.7. The number of carbonyl (C=O) groups excluding carboxylic acids is 1. The van der Waals surface area contributed by atoms with Crippen molar-refractivity contribution >= 4 is 49.5 Å². The lowest BCUT2D eigenvalue weighted by Gasteiger charge is -2.12. The third-order valence-electron chi connectivity index (χ3n) is 1.74. The molecule has 0 heterocycles. The number of carbonyl (C=O) groups is 1. The van der Waals surface area contributed by atoms with Crippen LogP contribution in [-0.2, 0) is 14.9 Å².